The summed E-state index contributed by atoms with van der Waals surface area (Å²) in [6, 6.07) is 9.64. The van der Waals surface area contributed by atoms with Crippen LogP contribution in [0.2, 0.25) is 5.02 Å². The summed E-state index contributed by atoms with van der Waals surface area (Å²) in [4.78, 5) is 15.1. The molecule has 1 saturated heterocycles. The van der Waals surface area contributed by atoms with E-state index in [0.29, 0.717) is 29.9 Å². The van der Waals surface area contributed by atoms with Crippen LogP contribution in [0, 0.1) is 5.92 Å². The van der Waals surface area contributed by atoms with Gasteiger partial charge in [-0.1, -0.05) is 43.6 Å². The van der Waals surface area contributed by atoms with Gasteiger partial charge in [0, 0.05) is 25.7 Å². The average Bonchev–Trinajstić information content (AvgIpc) is 2.69. The van der Waals surface area contributed by atoms with Gasteiger partial charge in [0.05, 0.1) is 30.8 Å². The molecule has 2 aromatic rings. The molecule has 1 N–H and O–H groups in total. The van der Waals surface area contributed by atoms with E-state index in [-0.39, 0.29) is 10.6 Å². The Kier molecular flexibility index (Phi) is 6.88. The van der Waals surface area contributed by atoms with Gasteiger partial charge in [0.2, 0.25) is 0 Å². The van der Waals surface area contributed by atoms with Crippen molar-refractivity contribution < 1.29 is 4.74 Å². The van der Waals surface area contributed by atoms with Gasteiger partial charge in [0.1, 0.15) is 5.02 Å². The predicted octanol–water partition coefficient (Wildman–Crippen LogP) is 3.04. The molecule has 0 unspecified atom stereocenters. The minimum absolute atomic E-state index is 0.166. The lowest BCUT2D eigenvalue weighted by Crippen LogP contribution is -2.47. The van der Waals surface area contributed by atoms with Crippen LogP contribution in [0.15, 0.2) is 41.3 Å². The Labute approximate surface area is 165 Å². The number of hydrogen-bond acceptors (Lipinski definition) is 5. The third-order valence-corrected chi connectivity index (χ3v) is 5.12. The number of hydrogen-bond donors (Lipinski definition) is 1. The summed E-state index contributed by atoms with van der Waals surface area (Å²) in [6.45, 7) is 8.57. The largest absolute Gasteiger partial charge is 0.381 e. The molecule has 0 amide bonds. The smallest absolute Gasteiger partial charge is 0.292 e. The van der Waals surface area contributed by atoms with E-state index in [1.807, 2.05) is 30.3 Å². The summed E-state index contributed by atoms with van der Waals surface area (Å²) in [5.41, 5.74) is 0.956. The van der Waals surface area contributed by atoms with Crippen LogP contribution in [-0.4, -0.2) is 53.6 Å². The van der Waals surface area contributed by atoms with Gasteiger partial charge in [-0.15, -0.1) is 0 Å². The maximum atomic E-state index is 12.6. The van der Waals surface area contributed by atoms with Crippen LogP contribution in [-0.2, 0) is 4.74 Å². The van der Waals surface area contributed by atoms with Crippen LogP contribution in [0.25, 0.3) is 5.69 Å². The molecule has 0 aliphatic carbocycles. The van der Waals surface area contributed by atoms with Gasteiger partial charge in [-0.25, -0.2) is 0 Å². The summed E-state index contributed by atoms with van der Waals surface area (Å²) in [7, 11) is 0. The van der Waals surface area contributed by atoms with Gasteiger partial charge >= 0.3 is 0 Å². The topological polar surface area (TPSA) is 59.4 Å². The van der Waals surface area contributed by atoms with Gasteiger partial charge < -0.3 is 10.1 Å². The number of anilines is 1. The van der Waals surface area contributed by atoms with Gasteiger partial charge in [-0.05, 0) is 24.5 Å². The zero-order chi connectivity index (χ0) is 19.2. The van der Waals surface area contributed by atoms with Crippen molar-refractivity contribution >= 4 is 17.3 Å². The minimum atomic E-state index is -0.320. The molecule has 146 valence electrons. The number of ether oxygens (including phenoxy) is 1. The number of benzene rings is 1. The highest BCUT2D eigenvalue weighted by Crippen LogP contribution is 2.19. The van der Waals surface area contributed by atoms with Crippen molar-refractivity contribution in [2.75, 3.05) is 38.2 Å². The molecule has 0 spiro atoms. The van der Waals surface area contributed by atoms with Gasteiger partial charge in [-0.2, -0.15) is 9.78 Å². The Morgan fingerprint density at radius 2 is 1.93 bits per heavy atom. The molecule has 1 aliphatic rings. The van der Waals surface area contributed by atoms with Crippen molar-refractivity contribution in [2.45, 2.75) is 26.3 Å². The van der Waals surface area contributed by atoms with E-state index in [0.717, 1.165) is 32.7 Å². The first-order chi connectivity index (χ1) is 13.1. The number of rotatable bonds is 7. The molecule has 1 aromatic heterocycles. The summed E-state index contributed by atoms with van der Waals surface area (Å²) in [6.07, 6.45) is 2.70. The van der Waals surface area contributed by atoms with Crippen molar-refractivity contribution in [2.24, 2.45) is 5.92 Å². The number of para-hydroxylation sites is 1. The first-order valence-electron chi connectivity index (χ1n) is 9.45. The molecule has 1 aromatic carbocycles. The first kappa shape index (κ1) is 19.9. The Morgan fingerprint density at radius 1 is 1.22 bits per heavy atom. The maximum absolute atomic E-state index is 12.6. The lowest BCUT2D eigenvalue weighted by atomic mass is 10.0. The van der Waals surface area contributed by atoms with Crippen molar-refractivity contribution in [3.63, 3.8) is 0 Å². The molecule has 27 heavy (non-hydrogen) atoms. The zero-order valence-corrected chi connectivity index (χ0v) is 16.7. The lowest BCUT2D eigenvalue weighted by molar-refractivity contribution is 0.0151. The highest BCUT2D eigenvalue weighted by atomic mass is 35.5. The van der Waals surface area contributed by atoms with E-state index in [1.54, 1.807) is 6.20 Å². The summed E-state index contributed by atoms with van der Waals surface area (Å²) in [5, 5.41) is 7.80. The van der Waals surface area contributed by atoms with Crippen molar-refractivity contribution in [3.05, 3.63) is 51.9 Å². The van der Waals surface area contributed by atoms with Gasteiger partial charge in [-0.3, -0.25) is 9.69 Å². The number of morpholine rings is 1. The van der Waals surface area contributed by atoms with Crippen LogP contribution < -0.4 is 10.9 Å². The molecule has 0 radical (unpaired) electrons. The molecule has 6 nitrogen and oxygen atoms in total. The van der Waals surface area contributed by atoms with Gasteiger partial charge in [0.25, 0.3) is 5.56 Å². The SMILES string of the molecule is CC(C)C[C@H](CNc1cnn(-c2ccccc2)c(=O)c1Cl)N1CCOCC1. The molecule has 0 bridgehead atoms. The van der Waals surface area contributed by atoms with Crippen LogP contribution in [0.4, 0.5) is 5.69 Å². The number of halogens is 1. The number of nitrogens with one attached hydrogen (secondary N) is 1. The predicted molar refractivity (Wildman–Crippen MR) is 109 cm³/mol. The second-order valence-corrected chi connectivity index (χ2v) is 7.62. The zero-order valence-electron chi connectivity index (χ0n) is 15.9. The monoisotopic (exact) mass is 390 g/mol. The lowest BCUT2D eigenvalue weighted by Gasteiger charge is -2.35. The summed E-state index contributed by atoms with van der Waals surface area (Å²) in [5.74, 6) is 0.583. The molecule has 1 aliphatic heterocycles. The van der Waals surface area contributed by atoms with Crippen LogP contribution in [0.3, 0.4) is 0 Å². The number of nitrogens with zero attached hydrogens (tertiary/aromatic N) is 3. The van der Waals surface area contributed by atoms with E-state index in [2.05, 4.69) is 29.2 Å². The molecule has 1 fully saturated rings. The fourth-order valence-corrected chi connectivity index (χ4v) is 3.58. The minimum Gasteiger partial charge on any atom is -0.381 e. The molecule has 0 saturated carbocycles. The fraction of sp³-hybridized carbons (Fsp3) is 0.500. The molecule has 3 rings (SSSR count). The Bertz CT molecular complexity index is 788. The second kappa shape index (κ2) is 9.35. The Balaban J connectivity index is 1.74. The van der Waals surface area contributed by atoms with Crippen LogP contribution in [0.1, 0.15) is 20.3 Å². The Morgan fingerprint density at radius 3 is 2.59 bits per heavy atom. The highest BCUT2D eigenvalue weighted by molar-refractivity contribution is 6.32. The molecular formula is C20H27ClN4O2. The quantitative estimate of drug-likeness (QED) is 0.787. The van der Waals surface area contributed by atoms with E-state index >= 15 is 0 Å². The van der Waals surface area contributed by atoms with Crippen molar-refractivity contribution in [1.82, 2.24) is 14.7 Å². The second-order valence-electron chi connectivity index (χ2n) is 7.24. The van der Waals surface area contributed by atoms with E-state index in [4.69, 9.17) is 16.3 Å². The molecule has 1 atom stereocenters. The highest BCUT2D eigenvalue weighted by Gasteiger charge is 2.22. The fourth-order valence-electron chi connectivity index (χ4n) is 3.39. The van der Waals surface area contributed by atoms with Crippen molar-refractivity contribution in [3.8, 4) is 5.69 Å². The maximum Gasteiger partial charge on any atom is 0.292 e. The third kappa shape index (κ3) is 5.09. The normalized spacial score (nSPS) is 16.4. The van der Waals surface area contributed by atoms with E-state index < -0.39 is 0 Å². The van der Waals surface area contributed by atoms with Crippen molar-refractivity contribution in [1.29, 1.82) is 0 Å². The molecular weight excluding hydrogens is 364 g/mol. The summed E-state index contributed by atoms with van der Waals surface area (Å²) < 4.78 is 6.79. The third-order valence-electron chi connectivity index (χ3n) is 4.75. The molecule has 2 heterocycles. The molecule has 7 heteroatoms. The van der Waals surface area contributed by atoms with Gasteiger partial charge in [0.15, 0.2) is 0 Å². The number of aromatic nitrogens is 2. The Hall–Kier alpha value is -1.89. The van der Waals surface area contributed by atoms with E-state index in [9.17, 15) is 4.79 Å². The van der Waals surface area contributed by atoms with Crippen LogP contribution >= 0.6 is 11.6 Å². The summed E-state index contributed by atoms with van der Waals surface area (Å²) >= 11 is 6.35. The van der Waals surface area contributed by atoms with Crippen LogP contribution in [0.5, 0.6) is 0 Å². The first-order valence-corrected chi connectivity index (χ1v) is 9.83. The standard InChI is InChI=1S/C20H27ClN4O2/c1-15(2)12-17(24-8-10-27-11-9-24)13-22-18-14-23-25(20(26)19(18)21)16-6-4-3-5-7-16/h3-7,14-15,17,22H,8-13H2,1-2H3/t17-/m1/s1. The average molecular weight is 391 g/mol. The van der Waals surface area contributed by atoms with E-state index in [1.165, 1.54) is 4.68 Å².